The second-order valence-electron chi connectivity index (χ2n) is 6.89. The number of sulfonamides is 1. The van der Waals surface area contributed by atoms with Crippen LogP contribution < -0.4 is 14.5 Å². The van der Waals surface area contributed by atoms with E-state index in [-0.39, 0.29) is 22.8 Å². The van der Waals surface area contributed by atoms with Gasteiger partial charge in [0.05, 0.1) is 17.9 Å². The summed E-state index contributed by atoms with van der Waals surface area (Å²) in [5.74, 6) is -0.404. The molecular weight excluding hydrogens is 458 g/mol. The van der Waals surface area contributed by atoms with Crippen molar-refractivity contribution in [3.63, 3.8) is 0 Å². The van der Waals surface area contributed by atoms with Crippen molar-refractivity contribution >= 4 is 56.3 Å². The van der Waals surface area contributed by atoms with Crippen molar-refractivity contribution in [1.82, 2.24) is 5.32 Å². The van der Waals surface area contributed by atoms with Gasteiger partial charge in [-0.2, -0.15) is 4.31 Å². The maximum Gasteiger partial charge on any atom is 0.343 e. The Balaban J connectivity index is 1.72. The van der Waals surface area contributed by atoms with Crippen molar-refractivity contribution < 1.29 is 18.0 Å². The molecule has 0 fully saturated rings. The van der Waals surface area contributed by atoms with E-state index < -0.39 is 22.0 Å². The molecule has 1 aliphatic heterocycles. The molecule has 1 aromatic heterocycles. The minimum Gasteiger partial charge on any atom is -0.350 e. The zero-order chi connectivity index (χ0) is 22.2. The molecule has 10 heteroatoms. The van der Waals surface area contributed by atoms with Gasteiger partial charge in [0.15, 0.2) is 0 Å². The van der Waals surface area contributed by atoms with Crippen molar-refractivity contribution in [2.75, 3.05) is 15.7 Å². The first-order valence-corrected chi connectivity index (χ1v) is 12.0. The van der Waals surface area contributed by atoms with Gasteiger partial charge in [0.1, 0.15) is 11.4 Å². The number of urea groups is 1. The summed E-state index contributed by atoms with van der Waals surface area (Å²) in [7, 11) is -4.19. The SMILES string of the molecule is Cc1ccc(Cl)cc1N1C(=O)N(CC(=O)NCc2cccs2)c2ccccc2S1(=O)=O. The quantitative estimate of drug-likeness (QED) is 0.600. The number of para-hydroxylation sites is 1. The molecule has 0 unspecified atom stereocenters. The highest BCUT2D eigenvalue weighted by atomic mass is 35.5. The average Bonchev–Trinajstić information content (AvgIpc) is 3.26. The summed E-state index contributed by atoms with van der Waals surface area (Å²) in [6.45, 7) is 1.69. The molecule has 0 spiro atoms. The van der Waals surface area contributed by atoms with Gasteiger partial charge in [-0.25, -0.2) is 13.2 Å². The average molecular weight is 476 g/mol. The molecule has 4 rings (SSSR count). The maximum atomic E-state index is 13.4. The monoisotopic (exact) mass is 475 g/mol. The van der Waals surface area contributed by atoms with Crippen LogP contribution in [0.15, 0.2) is 64.9 Å². The van der Waals surface area contributed by atoms with E-state index in [2.05, 4.69) is 5.32 Å². The molecule has 31 heavy (non-hydrogen) atoms. The molecule has 7 nitrogen and oxygen atoms in total. The largest absolute Gasteiger partial charge is 0.350 e. The lowest BCUT2D eigenvalue weighted by atomic mass is 10.2. The van der Waals surface area contributed by atoms with E-state index in [0.717, 1.165) is 4.88 Å². The minimum absolute atomic E-state index is 0.0555. The van der Waals surface area contributed by atoms with E-state index in [1.807, 2.05) is 17.5 Å². The van der Waals surface area contributed by atoms with Gasteiger partial charge >= 0.3 is 6.03 Å². The molecule has 0 saturated carbocycles. The third kappa shape index (κ3) is 4.04. The van der Waals surface area contributed by atoms with Crippen LogP contribution in [0.4, 0.5) is 16.2 Å². The van der Waals surface area contributed by atoms with E-state index in [9.17, 15) is 18.0 Å². The first kappa shape index (κ1) is 21.4. The Morgan fingerprint density at radius 3 is 2.61 bits per heavy atom. The molecule has 0 atom stereocenters. The summed E-state index contributed by atoms with van der Waals surface area (Å²) in [4.78, 5) is 28.1. The van der Waals surface area contributed by atoms with Crippen molar-refractivity contribution in [2.45, 2.75) is 18.4 Å². The maximum absolute atomic E-state index is 13.4. The third-order valence-electron chi connectivity index (χ3n) is 4.81. The number of carbonyl (C=O) groups is 2. The Bertz CT molecular complexity index is 1260. The molecule has 3 amide bonds. The molecule has 2 heterocycles. The Hall–Kier alpha value is -2.88. The molecule has 3 aromatic rings. The van der Waals surface area contributed by atoms with E-state index >= 15 is 0 Å². The van der Waals surface area contributed by atoms with Crippen molar-refractivity contribution in [3.8, 4) is 0 Å². The number of carbonyl (C=O) groups excluding carboxylic acids is 2. The van der Waals surface area contributed by atoms with Gasteiger partial charge in [-0.15, -0.1) is 11.3 Å². The molecule has 0 saturated heterocycles. The number of nitrogens with one attached hydrogen (secondary N) is 1. The number of amides is 3. The number of halogens is 1. The fourth-order valence-electron chi connectivity index (χ4n) is 3.30. The fourth-order valence-corrected chi connectivity index (χ4v) is 5.76. The van der Waals surface area contributed by atoms with E-state index in [4.69, 9.17) is 11.6 Å². The number of hydrogen-bond donors (Lipinski definition) is 1. The lowest BCUT2D eigenvalue weighted by Crippen LogP contribution is -2.53. The minimum atomic E-state index is -4.19. The Kier molecular flexibility index (Phi) is 5.74. The smallest absolute Gasteiger partial charge is 0.343 e. The molecule has 0 radical (unpaired) electrons. The van der Waals surface area contributed by atoms with Gasteiger partial charge in [0, 0.05) is 9.90 Å². The van der Waals surface area contributed by atoms with Crippen LogP contribution in [-0.2, 0) is 21.4 Å². The van der Waals surface area contributed by atoms with Gasteiger partial charge in [-0.3, -0.25) is 9.69 Å². The van der Waals surface area contributed by atoms with Gasteiger partial charge in [0.2, 0.25) is 5.91 Å². The van der Waals surface area contributed by atoms with Gasteiger partial charge in [-0.1, -0.05) is 35.9 Å². The summed E-state index contributed by atoms with van der Waals surface area (Å²) < 4.78 is 27.4. The van der Waals surface area contributed by atoms with Gasteiger partial charge in [-0.05, 0) is 48.2 Å². The number of benzene rings is 2. The van der Waals surface area contributed by atoms with Gasteiger partial charge < -0.3 is 5.32 Å². The third-order valence-corrected chi connectivity index (χ3v) is 7.66. The zero-order valence-electron chi connectivity index (χ0n) is 16.4. The summed E-state index contributed by atoms with van der Waals surface area (Å²) in [5.41, 5.74) is 0.869. The Morgan fingerprint density at radius 2 is 1.87 bits per heavy atom. The number of rotatable bonds is 5. The van der Waals surface area contributed by atoms with Gasteiger partial charge in [0.25, 0.3) is 10.0 Å². The van der Waals surface area contributed by atoms with Crippen LogP contribution in [-0.4, -0.2) is 26.9 Å². The Morgan fingerprint density at radius 1 is 1.10 bits per heavy atom. The van der Waals surface area contributed by atoms with E-state index in [1.54, 1.807) is 31.2 Å². The first-order chi connectivity index (χ1) is 14.8. The Labute approximate surface area is 188 Å². The second kappa shape index (κ2) is 8.33. The molecule has 2 aromatic carbocycles. The first-order valence-electron chi connectivity index (χ1n) is 9.30. The summed E-state index contributed by atoms with van der Waals surface area (Å²) in [6.07, 6.45) is 0. The lowest BCUT2D eigenvalue weighted by molar-refractivity contribution is -0.119. The zero-order valence-corrected chi connectivity index (χ0v) is 18.8. The van der Waals surface area contributed by atoms with Crippen LogP contribution in [0, 0.1) is 6.92 Å². The molecule has 160 valence electrons. The number of aryl methyl sites for hydroxylation is 1. The van der Waals surface area contributed by atoms with Crippen LogP contribution in [0.2, 0.25) is 5.02 Å². The number of anilines is 2. The normalized spacial score (nSPS) is 15.0. The van der Waals surface area contributed by atoms with Crippen LogP contribution >= 0.6 is 22.9 Å². The molecular formula is C21H18ClN3O4S2. The van der Waals surface area contributed by atoms with Crippen LogP contribution in [0.25, 0.3) is 0 Å². The number of nitrogens with zero attached hydrogens (tertiary/aromatic N) is 2. The fraction of sp³-hybridized carbons (Fsp3) is 0.143. The second-order valence-corrected chi connectivity index (χ2v) is 10.1. The molecule has 1 N–H and O–H groups in total. The summed E-state index contributed by atoms with van der Waals surface area (Å²) in [5, 5.41) is 4.97. The van der Waals surface area contributed by atoms with Crippen molar-refractivity contribution in [2.24, 2.45) is 0 Å². The van der Waals surface area contributed by atoms with Crippen LogP contribution in [0.1, 0.15) is 10.4 Å². The van der Waals surface area contributed by atoms with Crippen LogP contribution in [0.3, 0.4) is 0 Å². The predicted octanol–water partition coefficient (Wildman–Crippen LogP) is 4.16. The summed E-state index contributed by atoms with van der Waals surface area (Å²) in [6, 6.07) is 13.7. The number of hydrogen-bond acceptors (Lipinski definition) is 5. The van der Waals surface area contributed by atoms with E-state index in [0.29, 0.717) is 21.4 Å². The molecule has 0 aliphatic carbocycles. The molecule has 0 bridgehead atoms. The lowest BCUT2D eigenvalue weighted by Gasteiger charge is -2.36. The van der Waals surface area contributed by atoms with Crippen molar-refractivity contribution in [1.29, 1.82) is 0 Å². The molecule has 1 aliphatic rings. The number of fused-ring (bicyclic) bond motifs is 1. The van der Waals surface area contributed by atoms with Crippen LogP contribution in [0.5, 0.6) is 0 Å². The highest BCUT2D eigenvalue weighted by Crippen LogP contribution is 2.38. The highest BCUT2D eigenvalue weighted by Gasteiger charge is 2.43. The topological polar surface area (TPSA) is 86.8 Å². The van der Waals surface area contributed by atoms with Crippen molar-refractivity contribution in [3.05, 3.63) is 75.4 Å². The summed E-state index contributed by atoms with van der Waals surface area (Å²) >= 11 is 7.58. The van der Waals surface area contributed by atoms with E-state index in [1.165, 1.54) is 34.4 Å². The predicted molar refractivity (Wildman–Crippen MR) is 121 cm³/mol. The number of thiophene rings is 1. The highest BCUT2D eigenvalue weighted by molar-refractivity contribution is 7.94. The standard InChI is InChI=1S/C21H18ClN3O4S2/c1-14-8-9-15(22)11-18(14)25-21(27)24(13-20(26)23-12-16-5-4-10-30-16)17-6-2-3-7-19(17)31(25,28)29/h2-11H,12-13H2,1H3,(H,23,26).